The molecule has 2 N–H and O–H groups in total. The molecule has 18 heavy (non-hydrogen) atoms. The van der Waals surface area contributed by atoms with Gasteiger partial charge in [0.1, 0.15) is 5.69 Å². The first-order valence-electron chi connectivity index (χ1n) is 5.82. The second-order valence-electron chi connectivity index (χ2n) is 3.92. The molecule has 1 amide bonds. The molecule has 0 fully saturated rings. The average molecular weight is 265 g/mol. The van der Waals surface area contributed by atoms with E-state index in [0.717, 1.165) is 30.0 Å². The van der Waals surface area contributed by atoms with Gasteiger partial charge in [-0.1, -0.05) is 13.3 Å². The monoisotopic (exact) mass is 265 g/mol. The number of thiophene rings is 1. The van der Waals surface area contributed by atoms with E-state index in [4.69, 9.17) is 5.21 Å². The van der Waals surface area contributed by atoms with Gasteiger partial charge in [-0.05, 0) is 24.6 Å². The molecule has 0 aliphatic carbocycles. The van der Waals surface area contributed by atoms with Crippen LogP contribution in [0.25, 0.3) is 10.6 Å². The molecule has 2 heterocycles. The van der Waals surface area contributed by atoms with Crippen LogP contribution in [0.1, 0.15) is 29.4 Å². The Bertz CT molecular complexity index is 533. The number of unbranched alkanes of at least 4 members (excludes halogenated alkanes) is 1. The van der Waals surface area contributed by atoms with Gasteiger partial charge in [0.2, 0.25) is 0 Å². The first-order valence-corrected chi connectivity index (χ1v) is 6.64. The minimum atomic E-state index is -0.489. The molecule has 0 saturated carbocycles. The van der Waals surface area contributed by atoms with Gasteiger partial charge in [-0.15, -0.1) is 11.3 Å². The highest BCUT2D eigenvalue weighted by Gasteiger charge is 2.10. The summed E-state index contributed by atoms with van der Waals surface area (Å²) in [4.78, 5) is 12.6. The molecule has 0 saturated heterocycles. The van der Waals surface area contributed by atoms with Crippen LogP contribution in [-0.4, -0.2) is 20.9 Å². The van der Waals surface area contributed by atoms with Gasteiger partial charge in [0.15, 0.2) is 0 Å². The van der Waals surface area contributed by atoms with Crippen molar-refractivity contribution in [1.82, 2.24) is 15.3 Å². The first kappa shape index (κ1) is 12.8. The van der Waals surface area contributed by atoms with Crippen LogP contribution < -0.4 is 5.48 Å². The molecular weight excluding hydrogens is 250 g/mol. The molecule has 2 rings (SSSR count). The van der Waals surface area contributed by atoms with Gasteiger partial charge in [-0.2, -0.15) is 5.10 Å². The van der Waals surface area contributed by atoms with E-state index in [1.54, 1.807) is 11.5 Å². The molecule has 0 atom stereocenters. The summed E-state index contributed by atoms with van der Waals surface area (Å²) in [6.07, 6.45) is 4.18. The highest BCUT2D eigenvalue weighted by Crippen LogP contribution is 2.26. The van der Waals surface area contributed by atoms with E-state index < -0.39 is 5.91 Å². The summed E-state index contributed by atoms with van der Waals surface area (Å²) < 4.78 is 1.91. The standard InChI is InChI=1S/C12H15N3O2S/c1-2-3-7-15-8-6-9(13-15)10-4-5-11(18-10)12(16)14-17/h4-6,8,17H,2-3,7H2,1H3,(H,14,16). The second kappa shape index (κ2) is 5.79. The largest absolute Gasteiger partial charge is 0.288 e. The summed E-state index contributed by atoms with van der Waals surface area (Å²) in [5.74, 6) is -0.489. The molecule has 0 radical (unpaired) electrons. The van der Waals surface area contributed by atoms with Crippen molar-refractivity contribution in [3.05, 3.63) is 29.3 Å². The third kappa shape index (κ3) is 2.77. The Kier molecular flexibility index (Phi) is 4.11. The number of nitrogens with one attached hydrogen (secondary N) is 1. The minimum absolute atomic E-state index is 0.468. The third-order valence-corrected chi connectivity index (χ3v) is 3.67. The Balaban J connectivity index is 2.13. The smallest absolute Gasteiger partial charge is 0.284 e. The van der Waals surface area contributed by atoms with Crippen molar-refractivity contribution < 1.29 is 10.0 Å². The summed E-state index contributed by atoms with van der Waals surface area (Å²) in [5, 5.41) is 13.0. The Morgan fingerprint density at radius 2 is 2.33 bits per heavy atom. The number of hydrogen-bond donors (Lipinski definition) is 2. The number of aryl methyl sites for hydroxylation is 1. The van der Waals surface area contributed by atoms with Crippen LogP contribution in [0.3, 0.4) is 0 Å². The molecule has 2 aromatic rings. The van der Waals surface area contributed by atoms with Crippen LogP contribution in [0.4, 0.5) is 0 Å². The molecular formula is C12H15N3O2S. The molecule has 0 aliphatic rings. The lowest BCUT2D eigenvalue weighted by Crippen LogP contribution is -2.16. The molecule has 0 aliphatic heterocycles. The van der Waals surface area contributed by atoms with Crippen LogP contribution in [0.2, 0.25) is 0 Å². The Labute approximate surface area is 109 Å². The van der Waals surface area contributed by atoms with E-state index in [9.17, 15) is 4.79 Å². The number of amides is 1. The number of carbonyl (C=O) groups is 1. The van der Waals surface area contributed by atoms with E-state index in [-0.39, 0.29) is 0 Å². The van der Waals surface area contributed by atoms with Gasteiger partial charge in [0, 0.05) is 12.7 Å². The van der Waals surface area contributed by atoms with Crippen molar-refractivity contribution in [2.24, 2.45) is 0 Å². The molecule has 0 unspecified atom stereocenters. The third-order valence-electron chi connectivity index (χ3n) is 2.57. The highest BCUT2D eigenvalue weighted by molar-refractivity contribution is 7.17. The summed E-state index contributed by atoms with van der Waals surface area (Å²) >= 11 is 1.31. The van der Waals surface area contributed by atoms with Crippen molar-refractivity contribution in [1.29, 1.82) is 0 Å². The number of carbonyl (C=O) groups excluding carboxylic acids is 1. The highest BCUT2D eigenvalue weighted by atomic mass is 32.1. The predicted molar refractivity (Wildman–Crippen MR) is 69.7 cm³/mol. The molecule has 0 spiro atoms. The van der Waals surface area contributed by atoms with E-state index >= 15 is 0 Å². The van der Waals surface area contributed by atoms with Crippen LogP contribution >= 0.6 is 11.3 Å². The van der Waals surface area contributed by atoms with Gasteiger partial charge in [-0.25, -0.2) is 5.48 Å². The van der Waals surface area contributed by atoms with Crippen LogP contribution in [0.5, 0.6) is 0 Å². The number of hydrogen-bond acceptors (Lipinski definition) is 4. The van der Waals surface area contributed by atoms with Crippen LogP contribution in [-0.2, 0) is 6.54 Å². The van der Waals surface area contributed by atoms with Crippen molar-refractivity contribution >= 4 is 17.2 Å². The van der Waals surface area contributed by atoms with Crippen molar-refractivity contribution in [3.63, 3.8) is 0 Å². The van der Waals surface area contributed by atoms with Gasteiger partial charge in [0.25, 0.3) is 5.91 Å². The zero-order chi connectivity index (χ0) is 13.0. The lowest BCUT2D eigenvalue weighted by atomic mass is 10.3. The maximum atomic E-state index is 11.2. The number of nitrogens with zero attached hydrogens (tertiary/aromatic N) is 2. The Morgan fingerprint density at radius 3 is 3.06 bits per heavy atom. The van der Waals surface area contributed by atoms with Gasteiger partial charge >= 0.3 is 0 Å². The van der Waals surface area contributed by atoms with Crippen molar-refractivity contribution in [2.45, 2.75) is 26.3 Å². The van der Waals surface area contributed by atoms with Crippen LogP contribution in [0.15, 0.2) is 24.4 Å². The molecule has 2 aromatic heterocycles. The van der Waals surface area contributed by atoms with Gasteiger partial charge in [-0.3, -0.25) is 14.7 Å². The van der Waals surface area contributed by atoms with Gasteiger partial charge < -0.3 is 0 Å². The lowest BCUT2D eigenvalue weighted by molar-refractivity contribution is 0.0711. The van der Waals surface area contributed by atoms with Crippen molar-refractivity contribution in [2.75, 3.05) is 0 Å². The quantitative estimate of drug-likeness (QED) is 0.645. The molecule has 96 valence electrons. The Hall–Kier alpha value is -1.66. The molecule has 6 heteroatoms. The molecule has 5 nitrogen and oxygen atoms in total. The fraction of sp³-hybridized carbons (Fsp3) is 0.333. The average Bonchev–Trinajstić information content (AvgIpc) is 3.03. The summed E-state index contributed by atoms with van der Waals surface area (Å²) in [6.45, 7) is 3.05. The second-order valence-corrected chi connectivity index (χ2v) is 5.01. The topological polar surface area (TPSA) is 67.2 Å². The predicted octanol–water partition coefficient (Wildman–Crippen LogP) is 2.53. The van der Waals surface area contributed by atoms with E-state index in [1.807, 2.05) is 23.0 Å². The maximum absolute atomic E-state index is 11.2. The van der Waals surface area contributed by atoms with Crippen LogP contribution in [0, 0.1) is 0 Å². The number of hydroxylamine groups is 1. The fourth-order valence-electron chi connectivity index (χ4n) is 1.59. The first-order chi connectivity index (χ1) is 8.74. The van der Waals surface area contributed by atoms with E-state index in [2.05, 4.69) is 12.0 Å². The summed E-state index contributed by atoms with van der Waals surface area (Å²) in [7, 11) is 0. The number of rotatable bonds is 5. The van der Waals surface area contributed by atoms with E-state index in [0.29, 0.717) is 4.88 Å². The van der Waals surface area contributed by atoms with Crippen molar-refractivity contribution in [3.8, 4) is 10.6 Å². The normalized spacial score (nSPS) is 10.6. The zero-order valence-corrected chi connectivity index (χ0v) is 10.9. The van der Waals surface area contributed by atoms with Gasteiger partial charge in [0.05, 0.1) is 9.75 Å². The molecule has 0 bridgehead atoms. The fourth-order valence-corrected chi connectivity index (χ4v) is 2.45. The van der Waals surface area contributed by atoms with E-state index in [1.165, 1.54) is 11.3 Å². The zero-order valence-electron chi connectivity index (χ0n) is 10.1. The molecule has 0 aromatic carbocycles. The maximum Gasteiger partial charge on any atom is 0.284 e. The number of aromatic nitrogens is 2. The summed E-state index contributed by atoms with van der Waals surface area (Å²) in [5.41, 5.74) is 2.48. The summed E-state index contributed by atoms with van der Waals surface area (Å²) in [6, 6.07) is 5.44. The minimum Gasteiger partial charge on any atom is -0.288 e. The SMILES string of the molecule is CCCCn1ccc(-c2ccc(C(=O)NO)s2)n1. The Morgan fingerprint density at radius 1 is 1.50 bits per heavy atom. The lowest BCUT2D eigenvalue weighted by Gasteiger charge is -1.97.